The molecule has 2 rings (SSSR count). The molecule has 124 valence electrons. The van der Waals surface area contributed by atoms with Crippen LogP contribution in [0.4, 0.5) is 0 Å². The van der Waals surface area contributed by atoms with Gasteiger partial charge in [-0.2, -0.15) is 0 Å². The molecular weight excluding hydrogens is 282 g/mol. The molecule has 0 aliphatic carbocycles. The lowest BCUT2D eigenvalue weighted by molar-refractivity contribution is 0.132. The van der Waals surface area contributed by atoms with Gasteiger partial charge in [-0.15, -0.1) is 0 Å². The quantitative estimate of drug-likeness (QED) is 0.680. The van der Waals surface area contributed by atoms with Crippen molar-refractivity contribution in [2.45, 2.75) is 25.8 Å². The largest absolute Gasteiger partial charge is 0.487 e. The summed E-state index contributed by atoms with van der Waals surface area (Å²) in [6.07, 6.45) is 5.61. The standard InChI is InChI=1S/C16H27N3O3/c17-6-12-21-13-11-19-9-4-5-15(16(19)20)22-14-10-18-7-2-1-3-8-18/h4-5,9H,1-3,6-8,10-14,17H2. The Morgan fingerprint density at radius 3 is 2.68 bits per heavy atom. The Kier molecular flexibility index (Phi) is 7.42. The van der Waals surface area contributed by atoms with E-state index in [1.807, 2.05) is 6.07 Å². The number of ether oxygens (including phenoxy) is 2. The first-order valence-electron chi connectivity index (χ1n) is 8.13. The van der Waals surface area contributed by atoms with Gasteiger partial charge in [-0.3, -0.25) is 9.69 Å². The van der Waals surface area contributed by atoms with E-state index in [0.717, 1.165) is 19.6 Å². The van der Waals surface area contributed by atoms with Crippen LogP contribution in [0.1, 0.15) is 19.3 Å². The molecular formula is C16H27N3O3. The second-order valence-electron chi connectivity index (χ2n) is 5.52. The Bertz CT molecular complexity index is 484. The van der Waals surface area contributed by atoms with Crippen molar-refractivity contribution in [3.8, 4) is 5.75 Å². The molecule has 1 fully saturated rings. The molecule has 0 amide bonds. The maximum atomic E-state index is 12.3. The van der Waals surface area contributed by atoms with Gasteiger partial charge in [0.05, 0.1) is 13.2 Å². The molecule has 0 atom stereocenters. The molecule has 0 radical (unpaired) electrons. The monoisotopic (exact) mass is 309 g/mol. The van der Waals surface area contributed by atoms with Crippen LogP contribution in [0.15, 0.2) is 23.1 Å². The van der Waals surface area contributed by atoms with Gasteiger partial charge in [0.2, 0.25) is 0 Å². The molecule has 0 spiro atoms. The zero-order valence-corrected chi connectivity index (χ0v) is 13.2. The third-order valence-corrected chi connectivity index (χ3v) is 3.84. The maximum Gasteiger partial charge on any atom is 0.292 e. The van der Waals surface area contributed by atoms with Gasteiger partial charge in [-0.05, 0) is 38.1 Å². The van der Waals surface area contributed by atoms with Gasteiger partial charge in [0.1, 0.15) is 6.61 Å². The second kappa shape index (κ2) is 9.61. The highest BCUT2D eigenvalue weighted by Gasteiger charge is 2.10. The van der Waals surface area contributed by atoms with Crippen molar-refractivity contribution < 1.29 is 9.47 Å². The van der Waals surface area contributed by atoms with E-state index in [1.165, 1.54) is 19.3 Å². The molecule has 22 heavy (non-hydrogen) atoms. The van der Waals surface area contributed by atoms with E-state index in [1.54, 1.807) is 16.8 Å². The number of nitrogens with two attached hydrogens (primary N) is 1. The fourth-order valence-electron chi connectivity index (χ4n) is 2.62. The molecule has 1 aliphatic rings. The molecule has 0 bridgehead atoms. The molecule has 2 N–H and O–H groups in total. The van der Waals surface area contributed by atoms with Crippen LogP contribution >= 0.6 is 0 Å². The molecule has 6 nitrogen and oxygen atoms in total. The predicted octanol–water partition coefficient (Wildman–Crippen LogP) is 0.688. The Hall–Kier alpha value is -1.37. The van der Waals surface area contributed by atoms with Gasteiger partial charge >= 0.3 is 0 Å². The number of likely N-dealkylation sites (tertiary alicyclic amines) is 1. The van der Waals surface area contributed by atoms with Crippen molar-refractivity contribution in [3.63, 3.8) is 0 Å². The zero-order chi connectivity index (χ0) is 15.6. The molecule has 0 saturated carbocycles. The van der Waals surface area contributed by atoms with Crippen LogP contribution in [0.5, 0.6) is 5.75 Å². The fraction of sp³-hybridized carbons (Fsp3) is 0.688. The second-order valence-corrected chi connectivity index (χ2v) is 5.52. The van der Waals surface area contributed by atoms with Gasteiger partial charge in [-0.25, -0.2) is 0 Å². The molecule has 0 aromatic carbocycles. The summed E-state index contributed by atoms with van der Waals surface area (Å²) in [6, 6.07) is 3.57. The summed E-state index contributed by atoms with van der Waals surface area (Å²) >= 11 is 0. The molecule has 6 heteroatoms. The normalized spacial score (nSPS) is 15.9. The summed E-state index contributed by atoms with van der Waals surface area (Å²) in [5.74, 6) is 0.415. The highest BCUT2D eigenvalue weighted by Crippen LogP contribution is 2.08. The zero-order valence-electron chi connectivity index (χ0n) is 13.2. The highest BCUT2D eigenvalue weighted by atomic mass is 16.5. The maximum absolute atomic E-state index is 12.3. The molecule has 1 aromatic heterocycles. The molecule has 1 aliphatic heterocycles. The summed E-state index contributed by atoms with van der Waals surface area (Å²) in [6.45, 7) is 5.73. The van der Waals surface area contributed by atoms with Crippen molar-refractivity contribution in [1.29, 1.82) is 0 Å². The van der Waals surface area contributed by atoms with Crippen molar-refractivity contribution >= 4 is 0 Å². The van der Waals surface area contributed by atoms with E-state index >= 15 is 0 Å². The lowest BCUT2D eigenvalue weighted by Crippen LogP contribution is -2.34. The summed E-state index contributed by atoms with van der Waals surface area (Å²) in [7, 11) is 0. The molecule has 0 unspecified atom stereocenters. The van der Waals surface area contributed by atoms with Gasteiger partial charge in [0.15, 0.2) is 5.75 Å². The number of hydrogen-bond acceptors (Lipinski definition) is 5. The fourth-order valence-corrected chi connectivity index (χ4v) is 2.62. The van der Waals surface area contributed by atoms with E-state index < -0.39 is 0 Å². The number of rotatable bonds is 9. The van der Waals surface area contributed by atoms with Crippen LogP contribution in [0.2, 0.25) is 0 Å². The van der Waals surface area contributed by atoms with Crippen molar-refractivity contribution in [2.24, 2.45) is 5.73 Å². The van der Waals surface area contributed by atoms with Gasteiger partial charge in [-0.1, -0.05) is 6.42 Å². The number of pyridine rings is 1. The van der Waals surface area contributed by atoms with E-state index in [4.69, 9.17) is 15.2 Å². The first-order chi connectivity index (χ1) is 10.8. The summed E-state index contributed by atoms with van der Waals surface area (Å²) in [5.41, 5.74) is 5.26. The average molecular weight is 309 g/mol. The smallest absolute Gasteiger partial charge is 0.292 e. The minimum atomic E-state index is -0.0995. The first kappa shape index (κ1) is 17.0. The van der Waals surface area contributed by atoms with E-state index in [0.29, 0.717) is 38.7 Å². The van der Waals surface area contributed by atoms with Crippen molar-refractivity contribution in [2.75, 3.05) is 46.0 Å². The number of nitrogens with zero attached hydrogens (tertiary/aromatic N) is 2. The van der Waals surface area contributed by atoms with E-state index in [9.17, 15) is 4.79 Å². The van der Waals surface area contributed by atoms with Gasteiger partial charge in [0, 0.05) is 25.8 Å². The Balaban J connectivity index is 1.79. The van der Waals surface area contributed by atoms with Crippen molar-refractivity contribution in [3.05, 3.63) is 28.7 Å². The van der Waals surface area contributed by atoms with Crippen LogP contribution in [0.25, 0.3) is 0 Å². The summed E-state index contributed by atoms with van der Waals surface area (Å²) in [5, 5.41) is 0. The number of piperidine rings is 1. The third kappa shape index (κ3) is 5.44. The van der Waals surface area contributed by atoms with E-state index in [2.05, 4.69) is 4.90 Å². The predicted molar refractivity (Wildman–Crippen MR) is 86.4 cm³/mol. The Morgan fingerprint density at radius 2 is 1.91 bits per heavy atom. The minimum Gasteiger partial charge on any atom is -0.487 e. The summed E-state index contributed by atoms with van der Waals surface area (Å²) in [4.78, 5) is 14.7. The van der Waals surface area contributed by atoms with Crippen LogP contribution in [0.3, 0.4) is 0 Å². The van der Waals surface area contributed by atoms with Crippen LogP contribution in [0, 0.1) is 0 Å². The van der Waals surface area contributed by atoms with Crippen LogP contribution in [-0.4, -0.2) is 55.5 Å². The molecule has 1 aromatic rings. The number of hydrogen-bond donors (Lipinski definition) is 1. The van der Waals surface area contributed by atoms with Crippen LogP contribution < -0.4 is 16.0 Å². The molecule has 1 saturated heterocycles. The molecule has 2 heterocycles. The number of aromatic nitrogens is 1. The van der Waals surface area contributed by atoms with E-state index in [-0.39, 0.29) is 5.56 Å². The first-order valence-corrected chi connectivity index (χ1v) is 8.13. The lowest BCUT2D eigenvalue weighted by Gasteiger charge is -2.26. The van der Waals surface area contributed by atoms with Gasteiger partial charge in [0.25, 0.3) is 5.56 Å². The summed E-state index contributed by atoms with van der Waals surface area (Å²) < 4.78 is 12.6. The van der Waals surface area contributed by atoms with Gasteiger partial charge < -0.3 is 19.8 Å². The SMILES string of the molecule is NCCOCCn1cccc(OCCN2CCCCC2)c1=O. The Morgan fingerprint density at radius 1 is 1.09 bits per heavy atom. The highest BCUT2D eigenvalue weighted by molar-refractivity contribution is 5.17. The average Bonchev–Trinajstić information content (AvgIpc) is 2.55. The third-order valence-electron chi connectivity index (χ3n) is 3.84. The lowest BCUT2D eigenvalue weighted by atomic mass is 10.1. The van der Waals surface area contributed by atoms with Crippen LogP contribution in [-0.2, 0) is 11.3 Å². The topological polar surface area (TPSA) is 69.7 Å². The minimum absolute atomic E-state index is 0.0995. The van der Waals surface area contributed by atoms with Crippen molar-refractivity contribution in [1.82, 2.24) is 9.47 Å². The Labute approximate surface area is 131 Å².